The quantitative estimate of drug-likeness (QED) is 0.232. The fourth-order valence-electron chi connectivity index (χ4n) is 2.93. The molecule has 2 aliphatic heterocycles. The monoisotopic (exact) mass is 388 g/mol. The van der Waals surface area contributed by atoms with Crippen molar-refractivity contribution >= 4 is 39.5 Å². The van der Waals surface area contributed by atoms with Gasteiger partial charge in [0.05, 0.1) is 6.04 Å². The van der Waals surface area contributed by atoms with E-state index in [9.17, 15) is 42.2 Å². The SMILES string of the molecule is CCCCC(C(=O)C1C(=O)N(O)C(=O)C1S(=O)(=O)O)N1C(=O)C=CC1=O. The molecule has 0 radical (unpaired) electrons. The van der Waals surface area contributed by atoms with Crippen LogP contribution in [0.25, 0.3) is 0 Å². The lowest BCUT2D eigenvalue weighted by atomic mass is 9.92. The molecule has 0 spiro atoms. The minimum Gasteiger partial charge on any atom is -0.296 e. The highest BCUT2D eigenvalue weighted by atomic mass is 32.2. The Morgan fingerprint density at radius 3 is 2.15 bits per heavy atom. The Balaban J connectivity index is 2.46. The Bertz CT molecular complexity index is 798. The van der Waals surface area contributed by atoms with E-state index in [1.165, 1.54) is 0 Å². The number of unbranched alkanes of at least 4 members (excludes halogenated alkanes) is 1. The molecule has 0 aromatic carbocycles. The van der Waals surface area contributed by atoms with Gasteiger partial charge in [-0.2, -0.15) is 13.5 Å². The largest absolute Gasteiger partial charge is 0.296 e. The highest BCUT2D eigenvalue weighted by molar-refractivity contribution is 7.87. The van der Waals surface area contributed by atoms with Crippen LogP contribution in [-0.4, -0.2) is 68.8 Å². The number of ketones is 1. The fourth-order valence-corrected chi connectivity index (χ4v) is 3.87. The molecule has 3 unspecified atom stereocenters. The first kappa shape index (κ1) is 19.9. The van der Waals surface area contributed by atoms with Gasteiger partial charge in [-0.25, -0.2) is 0 Å². The van der Waals surface area contributed by atoms with Gasteiger partial charge in [-0.15, -0.1) is 0 Å². The maximum atomic E-state index is 12.8. The average Bonchev–Trinajstić information content (AvgIpc) is 2.99. The molecule has 3 atom stereocenters. The topological polar surface area (TPSA) is 166 Å². The van der Waals surface area contributed by atoms with Gasteiger partial charge in [0.15, 0.2) is 11.0 Å². The van der Waals surface area contributed by atoms with Crippen molar-refractivity contribution in [1.82, 2.24) is 9.96 Å². The van der Waals surface area contributed by atoms with Crippen molar-refractivity contribution in [2.24, 2.45) is 5.92 Å². The van der Waals surface area contributed by atoms with Crippen LogP contribution in [0, 0.1) is 5.92 Å². The van der Waals surface area contributed by atoms with Crippen LogP contribution >= 0.6 is 0 Å². The summed E-state index contributed by atoms with van der Waals surface area (Å²) in [6.45, 7) is 1.76. The molecular formula is C14H16N2O9S. The zero-order valence-electron chi connectivity index (χ0n) is 13.6. The summed E-state index contributed by atoms with van der Waals surface area (Å²) >= 11 is 0. The maximum Gasteiger partial charge on any atom is 0.278 e. The molecule has 4 amide bonds. The van der Waals surface area contributed by atoms with Crippen molar-refractivity contribution in [2.75, 3.05) is 0 Å². The van der Waals surface area contributed by atoms with Crippen LogP contribution in [0.2, 0.25) is 0 Å². The van der Waals surface area contributed by atoms with E-state index in [-0.39, 0.29) is 6.42 Å². The lowest BCUT2D eigenvalue weighted by Crippen LogP contribution is -2.51. The van der Waals surface area contributed by atoms with E-state index in [4.69, 9.17) is 0 Å². The zero-order chi connectivity index (χ0) is 19.8. The lowest BCUT2D eigenvalue weighted by molar-refractivity contribution is -0.172. The van der Waals surface area contributed by atoms with Crippen LogP contribution in [-0.2, 0) is 34.1 Å². The Morgan fingerprint density at radius 2 is 1.69 bits per heavy atom. The molecule has 2 rings (SSSR count). The molecule has 0 aromatic rings. The summed E-state index contributed by atoms with van der Waals surface area (Å²) in [7, 11) is -5.21. The Kier molecular flexibility index (Phi) is 5.39. The van der Waals surface area contributed by atoms with Crippen LogP contribution in [0.1, 0.15) is 26.2 Å². The van der Waals surface area contributed by atoms with Crippen molar-refractivity contribution in [2.45, 2.75) is 37.5 Å². The van der Waals surface area contributed by atoms with Crippen molar-refractivity contribution in [1.29, 1.82) is 0 Å². The van der Waals surface area contributed by atoms with E-state index in [1.807, 2.05) is 0 Å². The first-order valence-electron chi connectivity index (χ1n) is 7.64. The Hall–Kier alpha value is -2.44. The minimum absolute atomic E-state index is 0.0733. The number of hydrogen-bond donors (Lipinski definition) is 2. The van der Waals surface area contributed by atoms with Gasteiger partial charge < -0.3 is 0 Å². The number of imide groups is 2. The number of amides is 4. The summed E-state index contributed by atoms with van der Waals surface area (Å²) in [6.07, 6.45) is 2.65. The van der Waals surface area contributed by atoms with Gasteiger partial charge in [-0.3, -0.25) is 38.6 Å². The van der Waals surface area contributed by atoms with Crippen LogP contribution in [0.3, 0.4) is 0 Å². The molecule has 2 aliphatic rings. The van der Waals surface area contributed by atoms with Crippen LogP contribution in [0.5, 0.6) is 0 Å². The predicted molar refractivity (Wildman–Crippen MR) is 81.8 cm³/mol. The molecule has 0 aromatic heterocycles. The highest BCUT2D eigenvalue weighted by Crippen LogP contribution is 2.29. The standard InChI is InChI=1S/C14H16N2O9S/c1-2-3-4-7(15-8(17)5-6-9(15)18)11(19)10-12(26(23,24)25)14(21)16(22)13(10)20/h5-7,10,12,22H,2-4H2,1H3,(H,23,24,25). The van der Waals surface area contributed by atoms with E-state index in [0.29, 0.717) is 17.7 Å². The normalized spacial score (nSPS) is 24.7. The summed E-state index contributed by atoms with van der Waals surface area (Å²) in [5, 5.41) is 6.31. The number of Topliss-reactive ketones (excluding diaryl/α,β-unsaturated/α-hetero) is 1. The molecule has 1 saturated heterocycles. The summed E-state index contributed by atoms with van der Waals surface area (Å²) < 4.78 is 32.2. The summed E-state index contributed by atoms with van der Waals surface area (Å²) in [5.41, 5.74) is 0. The smallest absolute Gasteiger partial charge is 0.278 e. The first-order valence-corrected chi connectivity index (χ1v) is 9.14. The molecule has 0 aliphatic carbocycles. The average molecular weight is 388 g/mol. The van der Waals surface area contributed by atoms with Crippen molar-refractivity contribution in [3.05, 3.63) is 12.2 Å². The van der Waals surface area contributed by atoms with Gasteiger partial charge in [0.25, 0.3) is 33.7 Å². The van der Waals surface area contributed by atoms with Gasteiger partial charge in [-0.05, 0) is 6.42 Å². The second-order valence-electron chi connectivity index (χ2n) is 5.84. The predicted octanol–water partition coefficient (Wildman–Crippen LogP) is -1.33. The molecule has 12 heteroatoms. The third-order valence-electron chi connectivity index (χ3n) is 4.17. The molecule has 142 valence electrons. The molecule has 26 heavy (non-hydrogen) atoms. The van der Waals surface area contributed by atoms with E-state index in [1.54, 1.807) is 6.92 Å². The number of nitrogens with zero attached hydrogens (tertiary/aromatic N) is 2. The van der Waals surface area contributed by atoms with Crippen molar-refractivity contribution in [3.8, 4) is 0 Å². The highest BCUT2D eigenvalue weighted by Gasteiger charge is 2.59. The number of carbonyl (C=O) groups is 5. The Labute approximate surface area is 147 Å². The first-order chi connectivity index (χ1) is 12.0. The maximum absolute atomic E-state index is 12.8. The van der Waals surface area contributed by atoms with Crippen LogP contribution < -0.4 is 0 Å². The van der Waals surface area contributed by atoms with Gasteiger partial charge in [-0.1, -0.05) is 19.8 Å². The number of rotatable bonds is 7. The van der Waals surface area contributed by atoms with Gasteiger partial charge in [0.1, 0.15) is 5.92 Å². The zero-order valence-corrected chi connectivity index (χ0v) is 14.4. The molecule has 11 nitrogen and oxygen atoms in total. The van der Waals surface area contributed by atoms with E-state index in [2.05, 4.69) is 0 Å². The summed E-state index contributed by atoms with van der Waals surface area (Å²) in [6, 6.07) is -1.51. The molecule has 0 saturated carbocycles. The van der Waals surface area contributed by atoms with Gasteiger partial charge >= 0.3 is 0 Å². The molecule has 2 N–H and O–H groups in total. The third kappa shape index (κ3) is 3.30. The van der Waals surface area contributed by atoms with E-state index >= 15 is 0 Å². The van der Waals surface area contributed by atoms with Crippen LogP contribution in [0.15, 0.2) is 12.2 Å². The molecule has 2 heterocycles. The van der Waals surface area contributed by atoms with Gasteiger partial charge in [0.2, 0.25) is 0 Å². The molecular weight excluding hydrogens is 372 g/mol. The van der Waals surface area contributed by atoms with Crippen molar-refractivity contribution in [3.63, 3.8) is 0 Å². The second-order valence-corrected chi connectivity index (χ2v) is 7.38. The van der Waals surface area contributed by atoms with Gasteiger partial charge in [0, 0.05) is 12.2 Å². The van der Waals surface area contributed by atoms with Crippen molar-refractivity contribution < 1.29 is 42.2 Å². The number of hydrogen-bond acceptors (Lipinski definition) is 8. The van der Waals surface area contributed by atoms with E-state index < -0.39 is 61.8 Å². The molecule has 1 fully saturated rings. The lowest BCUT2D eigenvalue weighted by Gasteiger charge is -2.27. The number of carbonyl (C=O) groups excluding carboxylic acids is 5. The third-order valence-corrected chi connectivity index (χ3v) is 5.29. The Morgan fingerprint density at radius 1 is 1.15 bits per heavy atom. The summed E-state index contributed by atoms with van der Waals surface area (Å²) in [4.78, 5) is 61.0. The minimum atomic E-state index is -5.21. The fraction of sp³-hybridized carbons (Fsp3) is 0.500. The second kappa shape index (κ2) is 7.05. The number of hydroxylamine groups is 2. The van der Waals surface area contributed by atoms with Crippen LogP contribution in [0.4, 0.5) is 0 Å². The summed E-state index contributed by atoms with van der Waals surface area (Å²) in [5.74, 6) is -8.36. The molecule has 0 bridgehead atoms. The van der Waals surface area contributed by atoms with E-state index in [0.717, 1.165) is 12.2 Å².